The molecule has 0 aromatic heterocycles. The van der Waals surface area contributed by atoms with Crippen molar-refractivity contribution in [3.05, 3.63) is 65.5 Å². The molecule has 1 heterocycles. The lowest BCUT2D eigenvalue weighted by Gasteiger charge is -2.42. The van der Waals surface area contributed by atoms with Crippen LogP contribution in [-0.2, 0) is 4.79 Å². The van der Waals surface area contributed by atoms with E-state index in [-0.39, 0.29) is 25.1 Å². The lowest BCUT2D eigenvalue weighted by Crippen LogP contribution is -2.50. The van der Waals surface area contributed by atoms with Crippen LogP contribution in [0.15, 0.2) is 42.5 Å². The third kappa shape index (κ3) is 5.07. The molecule has 1 aliphatic rings. The van der Waals surface area contributed by atoms with Crippen molar-refractivity contribution in [3.63, 3.8) is 0 Å². The van der Waals surface area contributed by atoms with E-state index in [0.717, 1.165) is 12.1 Å². The standard InChI is InChI=1S/C21H21F3N2O3/c22-14-2-5-16(6-3-14)29-13-21(11-19(25)27)8-1-9-26(12-21)20(28)17-7-4-15(23)10-18(17)24/h2-7,10H,1,8-9,11-13H2,(H2,25,27)/t21-/m1/s1. The quantitative estimate of drug-likeness (QED) is 0.800. The fourth-order valence-corrected chi connectivity index (χ4v) is 3.66. The molecule has 0 radical (unpaired) electrons. The predicted molar refractivity (Wildman–Crippen MR) is 99.6 cm³/mol. The average Bonchev–Trinajstić information content (AvgIpc) is 2.67. The van der Waals surface area contributed by atoms with Gasteiger partial charge in [-0.25, -0.2) is 13.2 Å². The van der Waals surface area contributed by atoms with Gasteiger partial charge in [0.1, 0.15) is 23.2 Å². The minimum atomic E-state index is -0.941. The lowest BCUT2D eigenvalue weighted by atomic mass is 9.77. The van der Waals surface area contributed by atoms with Crippen LogP contribution in [0.3, 0.4) is 0 Å². The van der Waals surface area contributed by atoms with Gasteiger partial charge in [-0.05, 0) is 49.2 Å². The molecule has 2 aromatic carbocycles. The minimum Gasteiger partial charge on any atom is -0.493 e. The fraction of sp³-hybridized carbons (Fsp3) is 0.333. The summed E-state index contributed by atoms with van der Waals surface area (Å²) in [6, 6.07) is 8.22. The molecule has 1 atom stereocenters. The Hall–Kier alpha value is -3.03. The van der Waals surface area contributed by atoms with Crippen LogP contribution in [0.4, 0.5) is 13.2 Å². The zero-order valence-corrected chi connectivity index (χ0v) is 15.7. The predicted octanol–water partition coefficient (Wildman–Crippen LogP) is 3.28. The molecule has 8 heteroatoms. The van der Waals surface area contributed by atoms with Gasteiger partial charge in [-0.15, -0.1) is 0 Å². The number of carbonyl (C=O) groups is 2. The molecule has 2 N–H and O–H groups in total. The van der Waals surface area contributed by atoms with Crippen molar-refractivity contribution < 1.29 is 27.5 Å². The van der Waals surface area contributed by atoms with Gasteiger partial charge in [0.25, 0.3) is 5.91 Å². The van der Waals surface area contributed by atoms with E-state index in [0.29, 0.717) is 31.2 Å². The number of carbonyl (C=O) groups excluding carboxylic acids is 2. The van der Waals surface area contributed by atoms with Gasteiger partial charge in [-0.3, -0.25) is 9.59 Å². The molecule has 1 saturated heterocycles. The van der Waals surface area contributed by atoms with E-state index in [1.807, 2.05) is 0 Å². The highest BCUT2D eigenvalue weighted by atomic mass is 19.1. The molecule has 2 aromatic rings. The van der Waals surface area contributed by atoms with Crippen molar-refractivity contribution in [2.24, 2.45) is 11.1 Å². The van der Waals surface area contributed by atoms with E-state index in [2.05, 4.69) is 0 Å². The number of nitrogens with zero attached hydrogens (tertiary/aromatic N) is 1. The van der Waals surface area contributed by atoms with Gasteiger partial charge in [0.15, 0.2) is 0 Å². The fourth-order valence-electron chi connectivity index (χ4n) is 3.66. The molecule has 1 fully saturated rings. The van der Waals surface area contributed by atoms with Gasteiger partial charge in [0.05, 0.1) is 12.2 Å². The van der Waals surface area contributed by atoms with Crippen LogP contribution in [0.5, 0.6) is 5.75 Å². The number of likely N-dealkylation sites (tertiary alicyclic amines) is 1. The summed E-state index contributed by atoms with van der Waals surface area (Å²) in [7, 11) is 0. The van der Waals surface area contributed by atoms with E-state index in [4.69, 9.17) is 10.5 Å². The first-order chi connectivity index (χ1) is 13.8. The van der Waals surface area contributed by atoms with Crippen molar-refractivity contribution in [1.82, 2.24) is 4.90 Å². The molecular formula is C21H21F3N2O3. The second kappa shape index (κ2) is 8.55. The van der Waals surface area contributed by atoms with Crippen LogP contribution in [0, 0.1) is 22.9 Å². The normalized spacial score (nSPS) is 19.1. The lowest BCUT2D eigenvalue weighted by molar-refractivity contribution is -0.122. The van der Waals surface area contributed by atoms with Gasteiger partial charge in [0, 0.05) is 31.0 Å². The van der Waals surface area contributed by atoms with Gasteiger partial charge in [-0.2, -0.15) is 0 Å². The smallest absolute Gasteiger partial charge is 0.256 e. The Morgan fingerprint density at radius 1 is 1.07 bits per heavy atom. The minimum absolute atomic E-state index is 0.0239. The first kappa shape index (κ1) is 20.7. The second-order valence-electron chi connectivity index (χ2n) is 7.34. The Morgan fingerprint density at radius 3 is 2.41 bits per heavy atom. The average molecular weight is 406 g/mol. The topological polar surface area (TPSA) is 72.6 Å². The summed E-state index contributed by atoms with van der Waals surface area (Å²) in [6.45, 7) is 0.580. The summed E-state index contributed by atoms with van der Waals surface area (Å²) in [5.74, 6) is -2.83. The molecule has 0 aliphatic carbocycles. The van der Waals surface area contributed by atoms with Crippen LogP contribution in [0.2, 0.25) is 0 Å². The third-order valence-electron chi connectivity index (χ3n) is 5.02. The number of hydrogen-bond acceptors (Lipinski definition) is 3. The van der Waals surface area contributed by atoms with Crippen molar-refractivity contribution in [2.45, 2.75) is 19.3 Å². The molecule has 29 heavy (non-hydrogen) atoms. The Balaban J connectivity index is 1.78. The SMILES string of the molecule is NC(=O)C[C@]1(COc2ccc(F)cc2)CCCN(C(=O)c2ccc(F)cc2F)C1. The summed E-state index contributed by atoms with van der Waals surface area (Å²) in [6.07, 6.45) is 1.12. The molecule has 0 spiro atoms. The highest BCUT2D eigenvalue weighted by molar-refractivity contribution is 5.94. The molecule has 154 valence electrons. The molecule has 0 bridgehead atoms. The first-order valence-corrected chi connectivity index (χ1v) is 9.19. The summed E-state index contributed by atoms with van der Waals surface area (Å²) in [5, 5.41) is 0. The van der Waals surface area contributed by atoms with Crippen LogP contribution in [-0.4, -0.2) is 36.4 Å². The van der Waals surface area contributed by atoms with Crippen molar-refractivity contribution in [3.8, 4) is 5.75 Å². The van der Waals surface area contributed by atoms with Crippen molar-refractivity contribution in [1.29, 1.82) is 0 Å². The maximum atomic E-state index is 14.0. The zero-order valence-electron chi connectivity index (χ0n) is 15.7. The highest BCUT2D eigenvalue weighted by Gasteiger charge is 2.40. The van der Waals surface area contributed by atoms with Gasteiger partial charge in [0.2, 0.25) is 5.91 Å². The summed E-state index contributed by atoms with van der Waals surface area (Å²) in [4.78, 5) is 25.9. The largest absolute Gasteiger partial charge is 0.493 e. The number of nitrogens with two attached hydrogens (primary N) is 1. The molecule has 3 rings (SSSR count). The molecule has 1 aliphatic heterocycles. The monoisotopic (exact) mass is 406 g/mol. The van der Waals surface area contributed by atoms with Crippen LogP contribution in [0.25, 0.3) is 0 Å². The third-order valence-corrected chi connectivity index (χ3v) is 5.02. The number of amides is 2. The summed E-state index contributed by atoms with van der Waals surface area (Å²) in [5.41, 5.74) is 4.43. The molecule has 0 unspecified atom stereocenters. The maximum absolute atomic E-state index is 14.0. The molecule has 0 saturated carbocycles. The molecule has 5 nitrogen and oxygen atoms in total. The van der Waals surface area contributed by atoms with Crippen LogP contribution < -0.4 is 10.5 Å². The van der Waals surface area contributed by atoms with E-state index < -0.39 is 34.7 Å². The Morgan fingerprint density at radius 2 is 1.76 bits per heavy atom. The number of piperidine rings is 1. The highest BCUT2D eigenvalue weighted by Crippen LogP contribution is 2.35. The van der Waals surface area contributed by atoms with Gasteiger partial charge >= 0.3 is 0 Å². The van der Waals surface area contributed by atoms with Crippen LogP contribution in [0.1, 0.15) is 29.6 Å². The summed E-state index contributed by atoms with van der Waals surface area (Å²) >= 11 is 0. The number of rotatable bonds is 6. The second-order valence-corrected chi connectivity index (χ2v) is 7.34. The number of halogens is 3. The van der Waals surface area contributed by atoms with Crippen molar-refractivity contribution >= 4 is 11.8 Å². The van der Waals surface area contributed by atoms with Crippen LogP contribution >= 0.6 is 0 Å². The first-order valence-electron chi connectivity index (χ1n) is 9.19. The zero-order chi connectivity index (χ0) is 21.0. The molecular weight excluding hydrogens is 385 g/mol. The Kier molecular flexibility index (Phi) is 6.10. The van der Waals surface area contributed by atoms with E-state index >= 15 is 0 Å². The molecule has 2 amide bonds. The Labute approximate surface area is 166 Å². The van der Waals surface area contributed by atoms with E-state index in [1.54, 1.807) is 0 Å². The number of primary amides is 1. The maximum Gasteiger partial charge on any atom is 0.256 e. The number of hydrogen-bond donors (Lipinski definition) is 1. The Bertz CT molecular complexity index is 905. The summed E-state index contributed by atoms with van der Waals surface area (Å²) < 4.78 is 46.0. The van der Waals surface area contributed by atoms with E-state index in [9.17, 15) is 22.8 Å². The van der Waals surface area contributed by atoms with E-state index in [1.165, 1.54) is 29.2 Å². The van der Waals surface area contributed by atoms with Gasteiger partial charge in [-0.1, -0.05) is 0 Å². The van der Waals surface area contributed by atoms with Gasteiger partial charge < -0.3 is 15.4 Å². The van der Waals surface area contributed by atoms with Crippen molar-refractivity contribution in [2.75, 3.05) is 19.7 Å². The number of ether oxygens (including phenoxy) is 1. The number of benzene rings is 2.